The second-order valence-electron chi connectivity index (χ2n) is 4.07. The number of benzene rings is 1. The number of hydrogen-bond acceptors (Lipinski definition) is 4. The summed E-state index contributed by atoms with van der Waals surface area (Å²) in [5.74, 6) is -3.18. The first kappa shape index (κ1) is 16.5. The lowest BCUT2D eigenvalue weighted by molar-refractivity contribution is -0.136. The van der Waals surface area contributed by atoms with Crippen molar-refractivity contribution in [1.29, 1.82) is 0 Å². The third kappa shape index (κ3) is 4.21. The van der Waals surface area contributed by atoms with Gasteiger partial charge in [-0.05, 0) is 18.6 Å². The van der Waals surface area contributed by atoms with Gasteiger partial charge in [0.2, 0.25) is 5.91 Å². The molecule has 1 unspecified atom stereocenters. The van der Waals surface area contributed by atoms with Crippen molar-refractivity contribution < 1.29 is 23.1 Å². The molecule has 0 aliphatic carbocycles. The molecule has 0 aromatic heterocycles. The van der Waals surface area contributed by atoms with Crippen LogP contribution in [-0.4, -0.2) is 36.4 Å². The van der Waals surface area contributed by atoms with Gasteiger partial charge in [0.05, 0.1) is 10.7 Å². The fourth-order valence-corrected chi connectivity index (χ4v) is 3.25. The van der Waals surface area contributed by atoms with Gasteiger partial charge in [0.25, 0.3) is 0 Å². The van der Waals surface area contributed by atoms with Crippen molar-refractivity contribution in [2.75, 3.05) is 11.1 Å². The number of amides is 1. The highest BCUT2D eigenvalue weighted by atomic mass is 35.5. The minimum atomic E-state index is -4.06. The van der Waals surface area contributed by atoms with Gasteiger partial charge in [-0.1, -0.05) is 30.7 Å². The molecule has 2 N–H and O–H groups in total. The molecule has 0 spiro atoms. The largest absolute Gasteiger partial charge is 0.480 e. The molecule has 1 aromatic carbocycles. The average molecular weight is 320 g/mol. The van der Waals surface area contributed by atoms with Gasteiger partial charge in [-0.15, -0.1) is 0 Å². The summed E-state index contributed by atoms with van der Waals surface area (Å²) in [6.07, 6.45) is -0.100. The zero-order valence-electron chi connectivity index (χ0n) is 10.7. The maximum atomic E-state index is 11.8. The molecule has 1 atom stereocenters. The fraction of sp³-hybridized carbons (Fsp3) is 0.333. The first-order valence-corrected chi connectivity index (χ1v) is 7.86. The van der Waals surface area contributed by atoms with Crippen molar-refractivity contribution in [2.24, 2.45) is 0 Å². The van der Waals surface area contributed by atoms with Crippen molar-refractivity contribution in [3.05, 3.63) is 29.3 Å². The summed E-state index contributed by atoms with van der Waals surface area (Å²) in [4.78, 5) is 22.5. The maximum Gasteiger partial charge on any atom is 0.321 e. The van der Waals surface area contributed by atoms with Crippen LogP contribution in [0.4, 0.5) is 5.69 Å². The number of sulfone groups is 1. The first-order chi connectivity index (χ1) is 9.27. The topological polar surface area (TPSA) is 101 Å². The minimum absolute atomic E-state index is 0.100. The quantitative estimate of drug-likeness (QED) is 0.828. The average Bonchev–Trinajstić information content (AvgIpc) is 2.31. The molecule has 1 aromatic rings. The molecule has 8 heteroatoms. The molecule has 0 saturated carbocycles. The third-order valence-electron chi connectivity index (χ3n) is 2.56. The Morgan fingerprint density at radius 3 is 2.45 bits per heavy atom. The van der Waals surface area contributed by atoms with E-state index in [1.807, 2.05) is 0 Å². The number of anilines is 1. The lowest BCUT2D eigenvalue weighted by atomic mass is 10.3. The molecule has 20 heavy (non-hydrogen) atoms. The van der Waals surface area contributed by atoms with Crippen LogP contribution in [0.25, 0.3) is 0 Å². The van der Waals surface area contributed by atoms with Gasteiger partial charge in [-0.2, -0.15) is 0 Å². The molecule has 1 amide bonds. The molecule has 0 fully saturated rings. The van der Waals surface area contributed by atoms with E-state index in [2.05, 4.69) is 5.32 Å². The zero-order valence-corrected chi connectivity index (χ0v) is 12.2. The highest BCUT2D eigenvalue weighted by Crippen LogP contribution is 2.20. The number of carboxylic acid groups (broad SMARTS) is 1. The molecule has 0 saturated heterocycles. The fourth-order valence-electron chi connectivity index (χ4n) is 1.61. The number of aliphatic carboxylic acids is 1. The van der Waals surface area contributed by atoms with Crippen LogP contribution in [0.1, 0.15) is 13.3 Å². The Kier molecular flexibility index (Phi) is 5.52. The predicted molar refractivity (Wildman–Crippen MR) is 75.6 cm³/mol. The van der Waals surface area contributed by atoms with E-state index in [9.17, 15) is 18.0 Å². The molecular weight excluding hydrogens is 306 g/mol. The summed E-state index contributed by atoms with van der Waals surface area (Å²) < 4.78 is 23.6. The van der Waals surface area contributed by atoms with E-state index in [1.165, 1.54) is 19.1 Å². The molecule has 6 nitrogen and oxygen atoms in total. The lowest BCUT2D eigenvalue weighted by Gasteiger charge is -2.12. The summed E-state index contributed by atoms with van der Waals surface area (Å²) in [6, 6.07) is 6.34. The van der Waals surface area contributed by atoms with Gasteiger partial charge >= 0.3 is 5.97 Å². The van der Waals surface area contributed by atoms with Crippen LogP contribution < -0.4 is 5.32 Å². The van der Waals surface area contributed by atoms with Crippen molar-refractivity contribution in [2.45, 2.75) is 18.6 Å². The van der Waals surface area contributed by atoms with Gasteiger partial charge in [0.1, 0.15) is 5.75 Å². The minimum Gasteiger partial charge on any atom is -0.480 e. The van der Waals surface area contributed by atoms with E-state index >= 15 is 0 Å². The summed E-state index contributed by atoms with van der Waals surface area (Å²) in [5, 5.41) is 9.85. The number of para-hydroxylation sites is 1. The predicted octanol–water partition coefficient (Wildman–Crippen LogP) is 1.56. The highest BCUT2D eigenvalue weighted by Gasteiger charge is 2.32. The number of halogens is 1. The molecule has 0 aliphatic rings. The summed E-state index contributed by atoms with van der Waals surface area (Å²) >= 11 is 5.82. The Hall–Kier alpha value is -1.60. The molecular formula is C12H14ClNO5S. The van der Waals surface area contributed by atoms with Crippen molar-refractivity contribution in [3.8, 4) is 0 Å². The number of carbonyl (C=O) groups is 2. The lowest BCUT2D eigenvalue weighted by Crippen LogP contribution is -2.35. The van der Waals surface area contributed by atoms with Crippen LogP contribution in [-0.2, 0) is 19.4 Å². The van der Waals surface area contributed by atoms with Crippen LogP contribution in [0.5, 0.6) is 0 Å². The van der Waals surface area contributed by atoms with Crippen LogP contribution >= 0.6 is 11.6 Å². The Balaban J connectivity index is 2.81. The Labute approximate surface area is 121 Å². The van der Waals surface area contributed by atoms with E-state index < -0.39 is 32.7 Å². The van der Waals surface area contributed by atoms with Gasteiger partial charge < -0.3 is 10.4 Å². The molecule has 110 valence electrons. The summed E-state index contributed by atoms with van der Waals surface area (Å²) in [6.45, 7) is 1.43. The number of nitrogens with one attached hydrogen (secondary N) is 1. The van der Waals surface area contributed by atoms with Gasteiger partial charge in [0, 0.05) is 0 Å². The standard InChI is InChI=1S/C12H14ClNO5S/c1-2-10(12(16)17)20(18,19)7-11(15)14-9-6-4-3-5-8(9)13/h3-6,10H,2,7H2,1H3,(H,14,15)(H,16,17). The molecule has 0 radical (unpaired) electrons. The molecule has 0 heterocycles. The monoisotopic (exact) mass is 319 g/mol. The Morgan fingerprint density at radius 2 is 1.95 bits per heavy atom. The molecule has 0 bridgehead atoms. The summed E-state index contributed by atoms with van der Waals surface area (Å²) in [5.41, 5.74) is 0.276. The SMILES string of the molecule is CCC(C(=O)O)S(=O)(=O)CC(=O)Nc1ccccc1Cl. The van der Waals surface area contributed by atoms with E-state index in [1.54, 1.807) is 12.1 Å². The first-order valence-electron chi connectivity index (χ1n) is 5.76. The van der Waals surface area contributed by atoms with Gasteiger partial charge in [-0.3, -0.25) is 9.59 Å². The number of carbonyl (C=O) groups excluding carboxylic acids is 1. The second-order valence-corrected chi connectivity index (χ2v) is 6.66. The normalized spacial score (nSPS) is 12.7. The third-order valence-corrected chi connectivity index (χ3v) is 4.96. The summed E-state index contributed by atoms with van der Waals surface area (Å²) in [7, 11) is -4.06. The van der Waals surface area contributed by atoms with E-state index in [0.29, 0.717) is 0 Å². The molecule has 1 rings (SSSR count). The van der Waals surface area contributed by atoms with Crippen molar-refractivity contribution >= 4 is 39.0 Å². The van der Waals surface area contributed by atoms with Crippen LogP contribution in [0, 0.1) is 0 Å². The van der Waals surface area contributed by atoms with E-state index in [-0.39, 0.29) is 17.1 Å². The smallest absolute Gasteiger partial charge is 0.321 e. The zero-order chi connectivity index (χ0) is 15.3. The number of carboxylic acids is 1. The van der Waals surface area contributed by atoms with Gasteiger partial charge in [-0.25, -0.2) is 8.42 Å². The van der Waals surface area contributed by atoms with E-state index in [0.717, 1.165) is 0 Å². The van der Waals surface area contributed by atoms with Crippen LogP contribution in [0.15, 0.2) is 24.3 Å². The second kappa shape index (κ2) is 6.71. The van der Waals surface area contributed by atoms with Crippen molar-refractivity contribution in [3.63, 3.8) is 0 Å². The van der Waals surface area contributed by atoms with E-state index in [4.69, 9.17) is 16.7 Å². The molecule has 0 aliphatic heterocycles. The Morgan fingerprint density at radius 1 is 1.35 bits per heavy atom. The van der Waals surface area contributed by atoms with Crippen LogP contribution in [0.2, 0.25) is 5.02 Å². The van der Waals surface area contributed by atoms with Crippen LogP contribution in [0.3, 0.4) is 0 Å². The van der Waals surface area contributed by atoms with Crippen molar-refractivity contribution in [1.82, 2.24) is 0 Å². The van der Waals surface area contributed by atoms with Gasteiger partial charge in [0.15, 0.2) is 15.1 Å². The number of rotatable bonds is 6. The number of hydrogen-bond donors (Lipinski definition) is 2. The Bertz CT molecular complexity index is 614. The highest BCUT2D eigenvalue weighted by molar-refractivity contribution is 7.93. The maximum absolute atomic E-state index is 11.8.